The van der Waals surface area contributed by atoms with Crippen LogP contribution in [0.1, 0.15) is 43.6 Å². The van der Waals surface area contributed by atoms with Gasteiger partial charge in [-0.25, -0.2) is 14.4 Å². The molecule has 3 aliphatic heterocycles. The molecule has 0 radical (unpaired) electrons. The number of para-hydroxylation sites is 1. The molecule has 1 atom stereocenters. The van der Waals surface area contributed by atoms with Gasteiger partial charge in [0.1, 0.15) is 12.4 Å². The summed E-state index contributed by atoms with van der Waals surface area (Å²) in [5.41, 5.74) is 2.65. The lowest BCUT2D eigenvalue weighted by Gasteiger charge is -2.50. The Morgan fingerprint density at radius 3 is 2.56 bits per heavy atom. The number of rotatable bonds is 5. The van der Waals surface area contributed by atoms with Crippen LogP contribution in [0, 0.1) is 11.2 Å². The highest BCUT2D eigenvalue weighted by Crippen LogP contribution is 2.49. The van der Waals surface area contributed by atoms with E-state index in [4.69, 9.17) is 9.47 Å². The highest BCUT2D eigenvalue weighted by molar-refractivity contribution is 5.46. The van der Waals surface area contributed by atoms with Crippen LogP contribution in [0.3, 0.4) is 0 Å². The van der Waals surface area contributed by atoms with Crippen molar-refractivity contribution < 1.29 is 13.9 Å². The largest absolute Gasteiger partial charge is 0.482 e. The Balaban J connectivity index is 1.05. The average molecular weight is 439 g/mol. The standard InChI is InChI=1S/C25H31FN4O2/c26-23-3-1-2-22(24(23)32-21-13-31-14-21)18-5-8-29(9-6-18)19-4-7-25(10-19)15-30(16-25)20-11-27-17-28-12-20/h1-3,11-12,17-19,21H,4-10,13-16H2. The van der Waals surface area contributed by atoms with Gasteiger partial charge in [-0.15, -0.1) is 0 Å². The molecule has 3 saturated heterocycles. The van der Waals surface area contributed by atoms with Crippen LogP contribution >= 0.6 is 0 Å². The van der Waals surface area contributed by atoms with E-state index in [9.17, 15) is 4.39 Å². The molecular formula is C25H31FN4O2. The number of nitrogens with zero attached hydrogens (tertiary/aromatic N) is 4. The summed E-state index contributed by atoms with van der Waals surface area (Å²) in [6.45, 7) is 5.55. The van der Waals surface area contributed by atoms with Crippen molar-refractivity contribution in [1.82, 2.24) is 14.9 Å². The number of benzene rings is 1. The van der Waals surface area contributed by atoms with E-state index in [-0.39, 0.29) is 11.9 Å². The monoisotopic (exact) mass is 438 g/mol. The van der Waals surface area contributed by atoms with E-state index in [0.717, 1.165) is 50.3 Å². The molecule has 1 aliphatic carbocycles. The Labute approximate surface area is 188 Å². The predicted octanol–water partition coefficient (Wildman–Crippen LogP) is 3.63. The van der Waals surface area contributed by atoms with Crippen LogP contribution in [0.2, 0.25) is 0 Å². The number of halogens is 1. The van der Waals surface area contributed by atoms with Gasteiger partial charge in [-0.05, 0) is 57.2 Å². The van der Waals surface area contributed by atoms with Crippen molar-refractivity contribution in [3.8, 4) is 5.75 Å². The summed E-state index contributed by atoms with van der Waals surface area (Å²) in [4.78, 5) is 13.4. The number of ether oxygens (including phenoxy) is 2. The first kappa shape index (κ1) is 20.4. The molecule has 4 aliphatic rings. The van der Waals surface area contributed by atoms with Crippen LogP contribution in [0.5, 0.6) is 5.75 Å². The number of aromatic nitrogens is 2. The molecule has 4 fully saturated rings. The van der Waals surface area contributed by atoms with Gasteiger partial charge in [-0.3, -0.25) is 0 Å². The first-order valence-electron chi connectivity index (χ1n) is 12.0. The minimum absolute atomic E-state index is 0.00934. The first-order chi connectivity index (χ1) is 15.7. The summed E-state index contributed by atoms with van der Waals surface area (Å²) < 4.78 is 25.7. The highest BCUT2D eigenvalue weighted by atomic mass is 19.1. The van der Waals surface area contributed by atoms with Crippen molar-refractivity contribution in [2.45, 2.75) is 50.2 Å². The van der Waals surface area contributed by atoms with E-state index in [1.807, 2.05) is 18.5 Å². The summed E-state index contributed by atoms with van der Waals surface area (Å²) in [5, 5.41) is 0. The maximum atomic E-state index is 14.5. The number of likely N-dealkylation sites (tertiary alicyclic amines) is 1. The lowest BCUT2D eigenvalue weighted by molar-refractivity contribution is -0.0814. The Morgan fingerprint density at radius 1 is 1.06 bits per heavy atom. The maximum Gasteiger partial charge on any atom is 0.165 e. The van der Waals surface area contributed by atoms with Gasteiger partial charge < -0.3 is 19.3 Å². The summed E-state index contributed by atoms with van der Waals surface area (Å²) in [6.07, 6.45) is 11.4. The molecule has 1 spiro atoms. The topological polar surface area (TPSA) is 50.7 Å². The number of hydrogen-bond acceptors (Lipinski definition) is 6. The molecule has 0 N–H and O–H groups in total. The van der Waals surface area contributed by atoms with Crippen LogP contribution in [-0.2, 0) is 4.74 Å². The van der Waals surface area contributed by atoms with Crippen molar-refractivity contribution in [1.29, 1.82) is 0 Å². The normalized spacial score (nSPS) is 26.2. The fourth-order valence-electron chi connectivity index (χ4n) is 6.17. The van der Waals surface area contributed by atoms with Gasteiger partial charge >= 0.3 is 0 Å². The molecule has 1 saturated carbocycles. The van der Waals surface area contributed by atoms with Crippen molar-refractivity contribution >= 4 is 5.69 Å². The fourth-order valence-corrected chi connectivity index (χ4v) is 6.17. The van der Waals surface area contributed by atoms with Gasteiger partial charge in [0.05, 0.1) is 31.3 Å². The van der Waals surface area contributed by atoms with Crippen molar-refractivity contribution in [3.05, 3.63) is 48.3 Å². The van der Waals surface area contributed by atoms with Crippen LogP contribution in [0.4, 0.5) is 10.1 Å². The van der Waals surface area contributed by atoms with Crippen LogP contribution in [-0.4, -0.2) is 66.4 Å². The van der Waals surface area contributed by atoms with Crippen molar-refractivity contribution in [2.24, 2.45) is 5.41 Å². The zero-order valence-corrected chi connectivity index (χ0v) is 18.5. The lowest BCUT2D eigenvalue weighted by atomic mass is 9.77. The number of hydrogen-bond donors (Lipinski definition) is 0. The molecule has 0 bridgehead atoms. The van der Waals surface area contributed by atoms with E-state index < -0.39 is 0 Å². The number of piperidine rings is 1. The first-order valence-corrected chi connectivity index (χ1v) is 12.0. The molecule has 170 valence electrons. The van der Waals surface area contributed by atoms with E-state index in [1.54, 1.807) is 6.33 Å². The zero-order chi connectivity index (χ0) is 21.5. The molecule has 6 nitrogen and oxygen atoms in total. The van der Waals surface area contributed by atoms with Gasteiger partial charge in [0.25, 0.3) is 0 Å². The summed E-state index contributed by atoms with van der Waals surface area (Å²) >= 11 is 0. The maximum absolute atomic E-state index is 14.5. The van der Waals surface area contributed by atoms with Crippen molar-refractivity contribution in [2.75, 3.05) is 44.3 Å². The van der Waals surface area contributed by atoms with E-state index in [1.165, 1.54) is 25.3 Å². The third-order valence-corrected chi connectivity index (χ3v) is 8.02. The second-order valence-electron chi connectivity index (χ2n) is 10.1. The van der Waals surface area contributed by atoms with Gasteiger partial charge in [0.2, 0.25) is 0 Å². The minimum Gasteiger partial charge on any atom is -0.482 e. The van der Waals surface area contributed by atoms with Gasteiger partial charge in [-0.1, -0.05) is 12.1 Å². The lowest BCUT2D eigenvalue weighted by Crippen LogP contribution is -2.56. The zero-order valence-electron chi connectivity index (χ0n) is 18.5. The average Bonchev–Trinajstić information content (AvgIpc) is 3.23. The molecule has 2 aromatic rings. The molecular weight excluding hydrogens is 407 g/mol. The van der Waals surface area contributed by atoms with E-state index in [0.29, 0.717) is 36.3 Å². The second-order valence-corrected chi connectivity index (χ2v) is 10.1. The van der Waals surface area contributed by atoms with Gasteiger partial charge in [0.15, 0.2) is 11.6 Å². The van der Waals surface area contributed by atoms with Crippen LogP contribution < -0.4 is 9.64 Å². The molecule has 0 amide bonds. The summed E-state index contributed by atoms with van der Waals surface area (Å²) in [7, 11) is 0. The smallest absolute Gasteiger partial charge is 0.165 e. The third kappa shape index (κ3) is 3.75. The second kappa shape index (κ2) is 8.27. The SMILES string of the molecule is Fc1cccc(C2CCN(C3CCC4(C3)CN(c3cncnc3)C4)CC2)c1OC1COC1. The van der Waals surface area contributed by atoms with Crippen LogP contribution in [0.15, 0.2) is 36.9 Å². The Hall–Kier alpha value is -2.25. The molecule has 1 aromatic carbocycles. The Morgan fingerprint density at radius 2 is 1.84 bits per heavy atom. The molecule has 1 aromatic heterocycles. The fraction of sp³-hybridized carbons (Fsp3) is 0.600. The third-order valence-electron chi connectivity index (χ3n) is 8.02. The van der Waals surface area contributed by atoms with Crippen molar-refractivity contribution in [3.63, 3.8) is 0 Å². The van der Waals surface area contributed by atoms with Crippen LogP contribution in [0.25, 0.3) is 0 Å². The molecule has 4 heterocycles. The molecule has 32 heavy (non-hydrogen) atoms. The quantitative estimate of drug-likeness (QED) is 0.711. The molecule has 6 rings (SSSR count). The van der Waals surface area contributed by atoms with E-state index in [2.05, 4.69) is 25.8 Å². The summed E-state index contributed by atoms with van der Waals surface area (Å²) in [6, 6.07) is 6.07. The minimum atomic E-state index is -0.243. The predicted molar refractivity (Wildman–Crippen MR) is 120 cm³/mol. The van der Waals surface area contributed by atoms with Gasteiger partial charge in [-0.2, -0.15) is 0 Å². The summed E-state index contributed by atoms with van der Waals surface area (Å²) in [5.74, 6) is 0.581. The number of anilines is 1. The van der Waals surface area contributed by atoms with Gasteiger partial charge in [0, 0.05) is 30.1 Å². The molecule has 7 heteroatoms. The molecule has 1 unspecified atom stereocenters. The highest BCUT2D eigenvalue weighted by Gasteiger charge is 2.49. The van der Waals surface area contributed by atoms with E-state index >= 15 is 0 Å². The Bertz CT molecular complexity index is 940. The Kier molecular flexibility index (Phi) is 5.26.